The van der Waals surface area contributed by atoms with Crippen molar-refractivity contribution in [2.45, 2.75) is 37.6 Å². The van der Waals surface area contributed by atoms with Gasteiger partial charge >= 0.3 is 0 Å². The molecule has 3 heterocycles. The van der Waals surface area contributed by atoms with Crippen LogP contribution in [0.3, 0.4) is 0 Å². The Kier molecular flexibility index (Phi) is 7.50. The predicted octanol–water partition coefficient (Wildman–Crippen LogP) is 3.42. The van der Waals surface area contributed by atoms with E-state index in [1.165, 1.54) is 10.7 Å². The number of thiophene rings is 1. The zero-order valence-corrected chi connectivity index (χ0v) is 20.2. The summed E-state index contributed by atoms with van der Waals surface area (Å²) in [6.07, 6.45) is 3.34. The van der Waals surface area contributed by atoms with E-state index in [1.807, 2.05) is 30.5 Å². The van der Waals surface area contributed by atoms with Crippen molar-refractivity contribution < 1.29 is 17.9 Å². The molecule has 0 bridgehead atoms. The van der Waals surface area contributed by atoms with E-state index in [1.54, 1.807) is 28.4 Å². The van der Waals surface area contributed by atoms with Gasteiger partial charge < -0.3 is 14.5 Å². The minimum absolute atomic E-state index is 0.125. The van der Waals surface area contributed by atoms with Gasteiger partial charge in [0.25, 0.3) is 5.91 Å². The van der Waals surface area contributed by atoms with Crippen LogP contribution >= 0.6 is 11.3 Å². The van der Waals surface area contributed by atoms with Crippen molar-refractivity contribution in [3.8, 4) is 0 Å². The first-order valence-electron chi connectivity index (χ1n) is 11.3. The van der Waals surface area contributed by atoms with E-state index >= 15 is 0 Å². The number of carbonyl (C=O) groups excluding carboxylic acids is 1. The van der Waals surface area contributed by atoms with Gasteiger partial charge in [-0.15, -0.1) is 11.3 Å². The Morgan fingerprint density at radius 1 is 1.09 bits per heavy atom. The van der Waals surface area contributed by atoms with Crippen LogP contribution in [0.4, 0.5) is 5.69 Å². The topological polar surface area (TPSA) is 70.2 Å². The van der Waals surface area contributed by atoms with E-state index in [4.69, 9.17) is 4.74 Å². The number of sulfonamides is 1. The Hall–Kier alpha value is -1.94. The van der Waals surface area contributed by atoms with Gasteiger partial charge in [-0.1, -0.05) is 6.07 Å². The normalized spacial score (nSPS) is 18.0. The van der Waals surface area contributed by atoms with Gasteiger partial charge in [-0.3, -0.25) is 4.79 Å². The second kappa shape index (κ2) is 10.3. The maximum atomic E-state index is 13.7. The molecule has 2 aliphatic rings. The molecule has 174 valence electrons. The third-order valence-corrected chi connectivity index (χ3v) is 8.85. The van der Waals surface area contributed by atoms with E-state index in [0.717, 1.165) is 36.5 Å². The van der Waals surface area contributed by atoms with Crippen LogP contribution in [0.5, 0.6) is 0 Å². The fourth-order valence-electron chi connectivity index (χ4n) is 4.28. The number of morpholine rings is 1. The van der Waals surface area contributed by atoms with Crippen LogP contribution in [0.15, 0.2) is 40.6 Å². The van der Waals surface area contributed by atoms with Gasteiger partial charge in [0.15, 0.2) is 0 Å². The molecule has 2 fully saturated rings. The highest BCUT2D eigenvalue weighted by molar-refractivity contribution is 7.89. The molecule has 0 radical (unpaired) electrons. The molecule has 2 aliphatic heterocycles. The zero-order chi connectivity index (χ0) is 22.6. The second-order valence-electron chi connectivity index (χ2n) is 8.14. The molecule has 0 atom stereocenters. The van der Waals surface area contributed by atoms with Gasteiger partial charge in [-0.25, -0.2) is 8.42 Å². The molecule has 1 aromatic carbocycles. The average molecular weight is 478 g/mol. The monoisotopic (exact) mass is 477 g/mol. The SMILES string of the molecule is CCN(Cc1cccs1)C(=O)c1cc(S(=O)(=O)N2CCOCC2)ccc1N1CCCCC1. The number of ether oxygens (including phenoxy) is 1. The first-order chi connectivity index (χ1) is 15.5. The number of piperidine rings is 1. The Morgan fingerprint density at radius 2 is 1.84 bits per heavy atom. The van der Waals surface area contributed by atoms with Crippen LogP contribution in [0.2, 0.25) is 0 Å². The van der Waals surface area contributed by atoms with Gasteiger partial charge in [0, 0.05) is 43.3 Å². The van der Waals surface area contributed by atoms with Gasteiger partial charge in [-0.2, -0.15) is 4.31 Å². The van der Waals surface area contributed by atoms with E-state index in [2.05, 4.69) is 4.90 Å². The number of benzene rings is 1. The smallest absolute Gasteiger partial charge is 0.256 e. The molecule has 9 heteroatoms. The Bertz CT molecular complexity index is 1010. The molecular formula is C23H31N3O4S2. The van der Waals surface area contributed by atoms with Crippen LogP contribution in [0.1, 0.15) is 41.4 Å². The highest BCUT2D eigenvalue weighted by Gasteiger charge is 2.30. The van der Waals surface area contributed by atoms with E-state index < -0.39 is 10.0 Å². The van der Waals surface area contributed by atoms with Crippen LogP contribution in [-0.4, -0.2) is 69.5 Å². The molecule has 0 aliphatic carbocycles. The maximum absolute atomic E-state index is 13.7. The fourth-order valence-corrected chi connectivity index (χ4v) is 6.44. The zero-order valence-electron chi connectivity index (χ0n) is 18.5. The molecule has 0 N–H and O–H groups in total. The Labute approximate surface area is 194 Å². The van der Waals surface area contributed by atoms with Crippen molar-refractivity contribution in [2.75, 3.05) is 50.8 Å². The predicted molar refractivity (Wildman–Crippen MR) is 127 cm³/mol. The summed E-state index contributed by atoms with van der Waals surface area (Å²) in [6.45, 7) is 6.24. The minimum atomic E-state index is -3.68. The van der Waals surface area contributed by atoms with Crippen molar-refractivity contribution in [1.29, 1.82) is 0 Å². The number of anilines is 1. The molecule has 4 rings (SSSR count). The largest absolute Gasteiger partial charge is 0.379 e. The number of rotatable bonds is 7. The van der Waals surface area contributed by atoms with Crippen molar-refractivity contribution in [3.63, 3.8) is 0 Å². The third kappa shape index (κ3) is 5.01. The lowest BCUT2D eigenvalue weighted by Gasteiger charge is -2.32. The summed E-state index contributed by atoms with van der Waals surface area (Å²) in [7, 11) is -3.68. The third-order valence-electron chi connectivity index (χ3n) is 6.10. The van der Waals surface area contributed by atoms with Crippen LogP contribution < -0.4 is 4.90 Å². The van der Waals surface area contributed by atoms with Crippen molar-refractivity contribution >= 4 is 33.0 Å². The standard InChI is InChI=1S/C23H31N3O4S2/c1-2-24(18-19-7-6-16-31-19)23(27)21-17-20(32(28,29)26-12-14-30-15-13-26)8-9-22(21)25-10-4-3-5-11-25/h6-9,16-17H,2-5,10-15,18H2,1H3. The summed E-state index contributed by atoms with van der Waals surface area (Å²) in [5, 5.41) is 2.00. The second-order valence-corrected chi connectivity index (χ2v) is 11.1. The summed E-state index contributed by atoms with van der Waals surface area (Å²) < 4.78 is 33.3. The lowest BCUT2D eigenvalue weighted by atomic mass is 10.1. The Balaban J connectivity index is 1.70. The summed E-state index contributed by atoms with van der Waals surface area (Å²) in [5.74, 6) is -0.125. The minimum Gasteiger partial charge on any atom is -0.379 e. The molecule has 0 saturated carbocycles. The molecular weight excluding hydrogens is 446 g/mol. The number of hydrogen-bond donors (Lipinski definition) is 0. The van der Waals surface area contributed by atoms with E-state index in [9.17, 15) is 13.2 Å². The van der Waals surface area contributed by atoms with E-state index in [0.29, 0.717) is 45.0 Å². The van der Waals surface area contributed by atoms with Gasteiger partial charge in [0.05, 0.1) is 30.2 Å². The quantitative estimate of drug-likeness (QED) is 0.611. The highest BCUT2D eigenvalue weighted by Crippen LogP contribution is 2.30. The molecule has 1 aromatic heterocycles. The number of amides is 1. The van der Waals surface area contributed by atoms with Crippen LogP contribution in [-0.2, 0) is 21.3 Å². The average Bonchev–Trinajstić information content (AvgIpc) is 3.36. The molecule has 2 saturated heterocycles. The van der Waals surface area contributed by atoms with Crippen molar-refractivity contribution in [1.82, 2.24) is 9.21 Å². The first kappa shape index (κ1) is 23.2. The highest BCUT2D eigenvalue weighted by atomic mass is 32.2. The maximum Gasteiger partial charge on any atom is 0.256 e. The molecule has 2 aromatic rings. The molecule has 7 nitrogen and oxygen atoms in total. The molecule has 32 heavy (non-hydrogen) atoms. The van der Waals surface area contributed by atoms with E-state index in [-0.39, 0.29) is 10.8 Å². The van der Waals surface area contributed by atoms with Crippen molar-refractivity contribution in [2.24, 2.45) is 0 Å². The van der Waals surface area contributed by atoms with Gasteiger partial charge in [-0.05, 0) is 55.8 Å². The number of hydrogen-bond acceptors (Lipinski definition) is 6. The van der Waals surface area contributed by atoms with Crippen LogP contribution in [0.25, 0.3) is 0 Å². The molecule has 0 spiro atoms. The lowest BCUT2D eigenvalue weighted by Crippen LogP contribution is -2.41. The fraction of sp³-hybridized carbons (Fsp3) is 0.522. The van der Waals surface area contributed by atoms with Crippen molar-refractivity contribution in [3.05, 3.63) is 46.2 Å². The molecule has 0 unspecified atom stereocenters. The summed E-state index contributed by atoms with van der Waals surface area (Å²) >= 11 is 1.62. The number of carbonyl (C=O) groups is 1. The first-order valence-corrected chi connectivity index (χ1v) is 13.6. The van der Waals surface area contributed by atoms with Crippen LogP contribution in [0, 0.1) is 0 Å². The lowest BCUT2D eigenvalue weighted by molar-refractivity contribution is 0.0729. The summed E-state index contributed by atoms with van der Waals surface area (Å²) in [6, 6.07) is 9.07. The number of nitrogens with zero attached hydrogens (tertiary/aromatic N) is 3. The summed E-state index contributed by atoms with van der Waals surface area (Å²) in [5.41, 5.74) is 1.31. The van der Waals surface area contributed by atoms with Gasteiger partial charge in [0.2, 0.25) is 10.0 Å². The summed E-state index contributed by atoms with van der Waals surface area (Å²) in [4.78, 5) is 19.0. The Morgan fingerprint density at radius 3 is 2.50 bits per heavy atom. The van der Waals surface area contributed by atoms with Gasteiger partial charge in [0.1, 0.15) is 0 Å². The molecule has 1 amide bonds.